The minimum atomic E-state index is -0.387. The van der Waals surface area contributed by atoms with Gasteiger partial charge in [-0.2, -0.15) is 5.10 Å². The quantitative estimate of drug-likeness (QED) is 0.807. The van der Waals surface area contributed by atoms with Crippen molar-refractivity contribution in [1.82, 2.24) is 9.78 Å². The van der Waals surface area contributed by atoms with Crippen LogP contribution in [-0.4, -0.2) is 28.3 Å². The van der Waals surface area contributed by atoms with E-state index in [1.54, 1.807) is 37.4 Å². The van der Waals surface area contributed by atoms with Crippen molar-refractivity contribution in [3.63, 3.8) is 0 Å². The Labute approximate surface area is 121 Å². The zero-order valence-electron chi connectivity index (χ0n) is 11.6. The first kappa shape index (κ1) is 14.6. The van der Waals surface area contributed by atoms with Crippen LogP contribution in [0.2, 0.25) is 0 Å². The van der Waals surface area contributed by atoms with E-state index in [-0.39, 0.29) is 18.4 Å². The predicted octanol–water partition coefficient (Wildman–Crippen LogP) is 1.28. The van der Waals surface area contributed by atoms with E-state index in [2.05, 4.69) is 10.4 Å². The van der Waals surface area contributed by atoms with Gasteiger partial charge in [0.1, 0.15) is 6.54 Å². The van der Waals surface area contributed by atoms with Gasteiger partial charge in [0.25, 0.3) is 0 Å². The fourth-order valence-electron chi connectivity index (χ4n) is 1.72. The summed E-state index contributed by atoms with van der Waals surface area (Å²) in [6.45, 7) is 2.13. The van der Waals surface area contributed by atoms with Gasteiger partial charge in [-0.3, -0.25) is 9.48 Å². The van der Waals surface area contributed by atoms with E-state index in [0.717, 1.165) is 0 Å². The molecule has 2 rings (SSSR count). The zero-order valence-corrected chi connectivity index (χ0v) is 11.6. The Balaban J connectivity index is 1.93. The molecule has 1 aromatic carbocycles. The molecule has 0 unspecified atom stereocenters. The first-order valence-corrected chi connectivity index (χ1v) is 6.43. The van der Waals surface area contributed by atoms with Crippen LogP contribution in [-0.2, 0) is 16.1 Å². The number of anilines is 2. The van der Waals surface area contributed by atoms with Gasteiger partial charge in [0.05, 0.1) is 24.1 Å². The van der Waals surface area contributed by atoms with Crippen molar-refractivity contribution in [3.8, 4) is 0 Å². The lowest BCUT2D eigenvalue weighted by Gasteiger charge is -2.06. The molecule has 0 spiro atoms. The average molecular weight is 288 g/mol. The van der Waals surface area contributed by atoms with E-state index in [9.17, 15) is 9.59 Å². The Bertz CT molecular complexity index is 634. The second kappa shape index (κ2) is 6.56. The summed E-state index contributed by atoms with van der Waals surface area (Å²) in [5.74, 6) is -0.621. The van der Waals surface area contributed by atoms with E-state index in [1.807, 2.05) is 0 Å². The molecular weight excluding hydrogens is 272 g/mol. The Kier molecular flexibility index (Phi) is 4.55. The molecule has 0 saturated carbocycles. The van der Waals surface area contributed by atoms with Crippen LogP contribution in [0, 0.1) is 0 Å². The number of benzene rings is 1. The number of carbonyl (C=O) groups excluding carboxylic acids is 2. The fraction of sp³-hybridized carbons (Fsp3) is 0.214. The lowest BCUT2D eigenvalue weighted by Crippen LogP contribution is -2.19. The predicted molar refractivity (Wildman–Crippen MR) is 77.7 cm³/mol. The number of aromatic nitrogens is 2. The first-order chi connectivity index (χ1) is 10.1. The van der Waals surface area contributed by atoms with Crippen molar-refractivity contribution >= 4 is 23.3 Å². The van der Waals surface area contributed by atoms with Crippen molar-refractivity contribution in [3.05, 3.63) is 42.2 Å². The molecule has 1 heterocycles. The molecule has 2 aromatic rings. The zero-order chi connectivity index (χ0) is 15.2. The molecule has 110 valence electrons. The molecule has 0 atom stereocenters. The van der Waals surface area contributed by atoms with E-state index < -0.39 is 0 Å². The molecule has 21 heavy (non-hydrogen) atoms. The van der Waals surface area contributed by atoms with Gasteiger partial charge in [-0.25, -0.2) is 4.79 Å². The maximum atomic E-state index is 11.8. The highest BCUT2D eigenvalue weighted by atomic mass is 16.5. The van der Waals surface area contributed by atoms with E-state index in [0.29, 0.717) is 23.5 Å². The Morgan fingerprint density at radius 3 is 2.62 bits per heavy atom. The molecule has 0 fully saturated rings. The summed E-state index contributed by atoms with van der Waals surface area (Å²) in [4.78, 5) is 23.3. The summed E-state index contributed by atoms with van der Waals surface area (Å²) < 4.78 is 6.32. The van der Waals surface area contributed by atoms with Crippen LogP contribution in [0.4, 0.5) is 11.4 Å². The first-order valence-electron chi connectivity index (χ1n) is 6.43. The van der Waals surface area contributed by atoms with Crippen molar-refractivity contribution < 1.29 is 14.3 Å². The van der Waals surface area contributed by atoms with Gasteiger partial charge in [0.2, 0.25) is 5.91 Å². The monoisotopic (exact) mass is 288 g/mol. The third-order valence-corrected chi connectivity index (χ3v) is 2.64. The van der Waals surface area contributed by atoms with Gasteiger partial charge in [-0.1, -0.05) is 0 Å². The van der Waals surface area contributed by atoms with Crippen molar-refractivity contribution in [1.29, 1.82) is 0 Å². The maximum absolute atomic E-state index is 11.8. The largest absolute Gasteiger partial charge is 0.462 e. The number of hydrogen-bond acceptors (Lipinski definition) is 5. The van der Waals surface area contributed by atoms with Crippen molar-refractivity contribution in [2.45, 2.75) is 13.5 Å². The number of nitrogen functional groups attached to an aromatic ring is 1. The molecule has 0 radical (unpaired) electrons. The molecule has 0 saturated heterocycles. The number of carbonyl (C=O) groups is 2. The molecular formula is C14H16N4O3. The standard InChI is InChI=1S/C14H16N4O3/c1-2-21-14(20)10-3-5-12(6-4-10)17-13(19)9-18-8-11(15)7-16-18/h3-8H,2,9,15H2,1H3,(H,17,19). The maximum Gasteiger partial charge on any atom is 0.338 e. The van der Waals surface area contributed by atoms with Gasteiger partial charge in [0, 0.05) is 11.9 Å². The second-order valence-corrected chi connectivity index (χ2v) is 4.32. The van der Waals surface area contributed by atoms with Crippen LogP contribution in [0.5, 0.6) is 0 Å². The Hall–Kier alpha value is -2.83. The highest BCUT2D eigenvalue weighted by Crippen LogP contribution is 2.11. The normalized spacial score (nSPS) is 10.1. The number of nitrogens with two attached hydrogens (primary N) is 1. The van der Waals surface area contributed by atoms with Gasteiger partial charge in [0.15, 0.2) is 0 Å². The number of nitrogens with one attached hydrogen (secondary N) is 1. The van der Waals surface area contributed by atoms with Crippen LogP contribution in [0.15, 0.2) is 36.7 Å². The van der Waals surface area contributed by atoms with Crippen LogP contribution in [0.3, 0.4) is 0 Å². The Morgan fingerprint density at radius 1 is 1.33 bits per heavy atom. The molecule has 0 aliphatic rings. The summed E-state index contributed by atoms with van der Waals surface area (Å²) in [7, 11) is 0. The van der Waals surface area contributed by atoms with Crippen LogP contribution in [0.25, 0.3) is 0 Å². The van der Waals surface area contributed by atoms with Crippen LogP contribution >= 0.6 is 0 Å². The number of rotatable bonds is 5. The molecule has 0 aliphatic carbocycles. The SMILES string of the molecule is CCOC(=O)c1ccc(NC(=O)Cn2cc(N)cn2)cc1. The van der Waals surface area contributed by atoms with Crippen molar-refractivity contribution in [2.24, 2.45) is 0 Å². The highest BCUT2D eigenvalue weighted by Gasteiger charge is 2.08. The summed E-state index contributed by atoms with van der Waals surface area (Å²) in [5.41, 5.74) is 7.05. The molecule has 7 nitrogen and oxygen atoms in total. The molecule has 1 aromatic heterocycles. The summed E-state index contributed by atoms with van der Waals surface area (Å²) in [6.07, 6.45) is 3.05. The molecule has 7 heteroatoms. The fourth-order valence-corrected chi connectivity index (χ4v) is 1.72. The van der Waals surface area contributed by atoms with E-state index in [1.165, 1.54) is 10.9 Å². The molecule has 3 N–H and O–H groups in total. The van der Waals surface area contributed by atoms with E-state index >= 15 is 0 Å². The number of amides is 1. The third kappa shape index (κ3) is 4.07. The van der Waals surface area contributed by atoms with Gasteiger partial charge in [-0.05, 0) is 31.2 Å². The van der Waals surface area contributed by atoms with Gasteiger partial charge >= 0.3 is 5.97 Å². The van der Waals surface area contributed by atoms with Crippen molar-refractivity contribution in [2.75, 3.05) is 17.7 Å². The number of nitrogens with zero attached hydrogens (tertiary/aromatic N) is 2. The lowest BCUT2D eigenvalue weighted by atomic mass is 10.2. The minimum Gasteiger partial charge on any atom is -0.462 e. The third-order valence-electron chi connectivity index (χ3n) is 2.64. The smallest absolute Gasteiger partial charge is 0.338 e. The molecule has 0 bridgehead atoms. The second-order valence-electron chi connectivity index (χ2n) is 4.32. The number of hydrogen-bond donors (Lipinski definition) is 2. The number of esters is 1. The van der Waals surface area contributed by atoms with Crippen LogP contribution in [0.1, 0.15) is 17.3 Å². The molecule has 1 amide bonds. The Morgan fingerprint density at radius 2 is 2.05 bits per heavy atom. The highest BCUT2D eigenvalue weighted by molar-refractivity contribution is 5.92. The summed E-state index contributed by atoms with van der Waals surface area (Å²) in [6, 6.07) is 6.47. The van der Waals surface area contributed by atoms with Crippen LogP contribution < -0.4 is 11.1 Å². The number of ether oxygens (including phenoxy) is 1. The summed E-state index contributed by atoms with van der Waals surface area (Å²) >= 11 is 0. The topological polar surface area (TPSA) is 99.2 Å². The van der Waals surface area contributed by atoms with E-state index in [4.69, 9.17) is 10.5 Å². The summed E-state index contributed by atoms with van der Waals surface area (Å²) in [5, 5.41) is 6.63. The lowest BCUT2D eigenvalue weighted by molar-refractivity contribution is -0.116. The molecule has 0 aliphatic heterocycles. The average Bonchev–Trinajstić information content (AvgIpc) is 2.85. The minimum absolute atomic E-state index is 0.0663. The van der Waals surface area contributed by atoms with Gasteiger partial charge < -0.3 is 15.8 Å². The van der Waals surface area contributed by atoms with Gasteiger partial charge in [-0.15, -0.1) is 0 Å².